The fourth-order valence-electron chi connectivity index (χ4n) is 1.98. The van der Waals surface area contributed by atoms with E-state index in [1.807, 2.05) is 16.9 Å². The Morgan fingerprint density at radius 3 is 2.71 bits per heavy atom. The monoisotopic (exact) mass is 238 g/mol. The molecule has 1 aromatic heterocycles. The SMILES string of the molecule is CCC(CC)n1ccc(CC(C)(O)CC=O)n1. The van der Waals surface area contributed by atoms with Crippen molar-refractivity contribution in [2.75, 3.05) is 0 Å². The fraction of sp³-hybridized carbons (Fsp3) is 0.692. The van der Waals surface area contributed by atoms with Crippen LogP contribution in [0.4, 0.5) is 0 Å². The molecule has 0 radical (unpaired) electrons. The zero-order chi connectivity index (χ0) is 12.9. The summed E-state index contributed by atoms with van der Waals surface area (Å²) in [6.45, 7) is 5.94. The van der Waals surface area contributed by atoms with E-state index < -0.39 is 5.60 Å². The number of aromatic nitrogens is 2. The summed E-state index contributed by atoms with van der Waals surface area (Å²) in [5.41, 5.74) is -0.154. The van der Waals surface area contributed by atoms with Gasteiger partial charge in [0, 0.05) is 19.0 Å². The molecule has 1 atom stereocenters. The minimum Gasteiger partial charge on any atom is -0.389 e. The summed E-state index contributed by atoms with van der Waals surface area (Å²) in [5.74, 6) is 0. The first-order chi connectivity index (χ1) is 8.02. The van der Waals surface area contributed by atoms with E-state index in [4.69, 9.17) is 0 Å². The molecule has 0 saturated carbocycles. The van der Waals surface area contributed by atoms with Gasteiger partial charge in [0.05, 0.1) is 17.3 Å². The van der Waals surface area contributed by atoms with Crippen molar-refractivity contribution in [3.63, 3.8) is 0 Å². The molecule has 0 aromatic carbocycles. The van der Waals surface area contributed by atoms with Crippen LogP contribution in [0.2, 0.25) is 0 Å². The molecule has 4 nitrogen and oxygen atoms in total. The molecule has 0 bridgehead atoms. The summed E-state index contributed by atoms with van der Waals surface area (Å²) in [7, 11) is 0. The van der Waals surface area contributed by atoms with Crippen LogP contribution in [-0.4, -0.2) is 26.8 Å². The number of aliphatic hydroxyl groups is 1. The number of rotatable bonds is 7. The zero-order valence-electron chi connectivity index (χ0n) is 10.9. The van der Waals surface area contributed by atoms with E-state index in [0.717, 1.165) is 24.8 Å². The molecule has 0 spiro atoms. The summed E-state index contributed by atoms with van der Waals surface area (Å²) in [6, 6.07) is 2.33. The highest BCUT2D eigenvalue weighted by Crippen LogP contribution is 2.18. The average Bonchev–Trinajstić information content (AvgIpc) is 2.67. The Balaban J connectivity index is 2.71. The Hall–Kier alpha value is -1.16. The standard InChI is InChI=1S/C13H22N2O2/c1-4-12(5-2)15-8-6-11(14-15)10-13(3,17)7-9-16/h6,8-9,12,17H,4-5,7,10H2,1-3H3. The summed E-state index contributed by atoms with van der Waals surface area (Å²) < 4.78 is 1.95. The second-order valence-electron chi connectivity index (χ2n) is 4.80. The molecule has 1 aromatic rings. The maximum atomic E-state index is 10.4. The van der Waals surface area contributed by atoms with Gasteiger partial charge in [0.1, 0.15) is 6.29 Å². The third kappa shape index (κ3) is 3.97. The molecule has 0 saturated heterocycles. The predicted octanol–water partition coefficient (Wildman–Crippen LogP) is 2.13. The Morgan fingerprint density at radius 2 is 2.18 bits per heavy atom. The van der Waals surface area contributed by atoms with E-state index in [2.05, 4.69) is 18.9 Å². The van der Waals surface area contributed by atoms with Crippen LogP contribution in [0, 0.1) is 0 Å². The lowest BCUT2D eigenvalue weighted by Gasteiger charge is -2.19. The summed E-state index contributed by atoms with van der Waals surface area (Å²) in [6.07, 6.45) is 5.34. The van der Waals surface area contributed by atoms with E-state index in [1.165, 1.54) is 0 Å². The van der Waals surface area contributed by atoms with Crippen molar-refractivity contribution in [1.29, 1.82) is 0 Å². The molecule has 4 heteroatoms. The Labute approximate surface area is 103 Å². The average molecular weight is 238 g/mol. The zero-order valence-corrected chi connectivity index (χ0v) is 10.9. The van der Waals surface area contributed by atoms with Crippen LogP contribution < -0.4 is 0 Å². The second-order valence-corrected chi connectivity index (χ2v) is 4.80. The molecular weight excluding hydrogens is 216 g/mol. The van der Waals surface area contributed by atoms with E-state index in [1.54, 1.807) is 6.92 Å². The minimum atomic E-state index is -0.991. The number of hydrogen-bond donors (Lipinski definition) is 1. The summed E-state index contributed by atoms with van der Waals surface area (Å²) >= 11 is 0. The minimum absolute atomic E-state index is 0.144. The summed E-state index contributed by atoms with van der Waals surface area (Å²) in [5, 5.41) is 14.4. The number of hydrogen-bond acceptors (Lipinski definition) is 3. The van der Waals surface area contributed by atoms with Crippen molar-refractivity contribution in [2.45, 2.75) is 58.1 Å². The van der Waals surface area contributed by atoms with Gasteiger partial charge < -0.3 is 9.90 Å². The third-order valence-corrected chi connectivity index (χ3v) is 3.07. The van der Waals surface area contributed by atoms with Crippen LogP contribution in [0.3, 0.4) is 0 Å². The molecule has 0 fully saturated rings. The highest BCUT2D eigenvalue weighted by molar-refractivity contribution is 5.51. The first-order valence-corrected chi connectivity index (χ1v) is 6.22. The van der Waals surface area contributed by atoms with E-state index >= 15 is 0 Å². The quantitative estimate of drug-likeness (QED) is 0.740. The largest absolute Gasteiger partial charge is 0.389 e. The van der Waals surface area contributed by atoms with E-state index in [0.29, 0.717) is 12.5 Å². The van der Waals surface area contributed by atoms with Crippen molar-refractivity contribution < 1.29 is 9.90 Å². The molecule has 0 amide bonds. The maximum absolute atomic E-state index is 10.4. The maximum Gasteiger partial charge on any atom is 0.122 e. The van der Waals surface area contributed by atoms with Crippen LogP contribution in [0.15, 0.2) is 12.3 Å². The number of aldehydes is 1. The van der Waals surface area contributed by atoms with Gasteiger partial charge in [-0.1, -0.05) is 13.8 Å². The van der Waals surface area contributed by atoms with Gasteiger partial charge in [-0.15, -0.1) is 0 Å². The number of carbonyl (C=O) groups is 1. The van der Waals surface area contributed by atoms with Gasteiger partial charge in [-0.2, -0.15) is 5.10 Å². The fourth-order valence-corrected chi connectivity index (χ4v) is 1.98. The molecule has 0 aliphatic rings. The highest BCUT2D eigenvalue weighted by Gasteiger charge is 2.22. The lowest BCUT2D eigenvalue weighted by atomic mass is 9.97. The lowest BCUT2D eigenvalue weighted by molar-refractivity contribution is -0.111. The molecule has 0 aliphatic carbocycles. The second kappa shape index (κ2) is 5.96. The molecule has 17 heavy (non-hydrogen) atoms. The highest BCUT2D eigenvalue weighted by atomic mass is 16.3. The topological polar surface area (TPSA) is 55.1 Å². The number of nitrogens with zero attached hydrogens (tertiary/aromatic N) is 2. The molecule has 1 rings (SSSR count). The first-order valence-electron chi connectivity index (χ1n) is 6.22. The molecule has 0 aliphatic heterocycles. The molecular formula is C13H22N2O2. The van der Waals surface area contributed by atoms with Crippen molar-refractivity contribution in [3.05, 3.63) is 18.0 Å². The van der Waals surface area contributed by atoms with Crippen molar-refractivity contribution in [3.8, 4) is 0 Å². The van der Waals surface area contributed by atoms with Gasteiger partial charge in [-0.25, -0.2) is 0 Å². The van der Waals surface area contributed by atoms with Gasteiger partial charge >= 0.3 is 0 Å². The van der Waals surface area contributed by atoms with Crippen LogP contribution in [0.1, 0.15) is 51.8 Å². The normalized spacial score (nSPS) is 14.9. The van der Waals surface area contributed by atoms with Gasteiger partial charge in [0.25, 0.3) is 0 Å². The Bertz CT molecular complexity index is 354. The molecule has 1 heterocycles. The Morgan fingerprint density at radius 1 is 1.53 bits per heavy atom. The molecule has 1 unspecified atom stereocenters. The van der Waals surface area contributed by atoms with Crippen LogP contribution in [0.5, 0.6) is 0 Å². The lowest BCUT2D eigenvalue weighted by Crippen LogP contribution is -2.28. The van der Waals surface area contributed by atoms with Crippen molar-refractivity contribution in [1.82, 2.24) is 9.78 Å². The first kappa shape index (κ1) is 13.9. The van der Waals surface area contributed by atoms with Gasteiger partial charge in [-0.05, 0) is 25.8 Å². The van der Waals surface area contributed by atoms with Gasteiger partial charge in [-0.3, -0.25) is 4.68 Å². The molecule has 1 N–H and O–H groups in total. The van der Waals surface area contributed by atoms with E-state index in [9.17, 15) is 9.90 Å². The van der Waals surface area contributed by atoms with Gasteiger partial charge in [0.15, 0.2) is 0 Å². The van der Waals surface area contributed by atoms with E-state index in [-0.39, 0.29) is 6.42 Å². The smallest absolute Gasteiger partial charge is 0.122 e. The Kier molecular flexibility index (Phi) is 4.87. The number of carbonyl (C=O) groups excluding carboxylic acids is 1. The summed E-state index contributed by atoms with van der Waals surface area (Å²) in [4.78, 5) is 10.4. The van der Waals surface area contributed by atoms with Crippen molar-refractivity contribution >= 4 is 6.29 Å². The van der Waals surface area contributed by atoms with Crippen LogP contribution >= 0.6 is 0 Å². The van der Waals surface area contributed by atoms with Crippen LogP contribution in [0.25, 0.3) is 0 Å². The van der Waals surface area contributed by atoms with Crippen LogP contribution in [-0.2, 0) is 11.2 Å². The van der Waals surface area contributed by atoms with Crippen molar-refractivity contribution in [2.24, 2.45) is 0 Å². The molecule has 96 valence electrons. The predicted molar refractivity (Wildman–Crippen MR) is 66.9 cm³/mol. The third-order valence-electron chi connectivity index (χ3n) is 3.07. The van der Waals surface area contributed by atoms with Gasteiger partial charge in [0.2, 0.25) is 0 Å².